The zero-order chi connectivity index (χ0) is 14.1. The fourth-order valence-electron chi connectivity index (χ4n) is 2.37. The van der Waals surface area contributed by atoms with Crippen LogP contribution in [0.15, 0.2) is 41.8 Å². The Hall–Kier alpha value is -2.11. The summed E-state index contributed by atoms with van der Waals surface area (Å²) in [6.07, 6.45) is 5.58. The molecule has 3 rings (SSSR count). The van der Waals surface area contributed by atoms with Gasteiger partial charge in [0.05, 0.1) is 5.69 Å². The lowest BCUT2D eigenvalue weighted by molar-refractivity contribution is 0.834. The Bertz CT molecular complexity index is 791. The Morgan fingerprint density at radius 2 is 1.95 bits per heavy atom. The van der Waals surface area contributed by atoms with E-state index in [0.29, 0.717) is 5.92 Å². The molecule has 2 heteroatoms. The van der Waals surface area contributed by atoms with Gasteiger partial charge in [0.25, 0.3) is 0 Å². The van der Waals surface area contributed by atoms with E-state index in [-0.39, 0.29) is 0 Å². The number of aromatic nitrogens is 1. The SMILES string of the molecule is C#Cc1csc2nc(C(C)C)c(-c3ccccc3)cc12. The van der Waals surface area contributed by atoms with Crippen LogP contribution >= 0.6 is 11.3 Å². The lowest BCUT2D eigenvalue weighted by atomic mass is 9.96. The summed E-state index contributed by atoms with van der Waals surface area (Å²) in [6.45, 7) is 4.35. The van der Waals surface area contributed by atoms with Crippen LogP contribution in [0.1, 0.15) is 31.0 Å². The summed E-state index contributed by atoms with van der Waals surface area (Å²) in [4.78, 5) is 5.87. The maximum atomic E-state index is 5.58. The predicted molar refractivity (Wildman–Crippen MR) is 87.1 cm³/mol. The van der Waals surface area contributed by atoms with Crippen molar-refractivity contribution >= 4 is 21.6 Å². The van der Waals surface area contributed by atoms with Gasteiger partial charge >= 0.3 is 0 Å². The Labute approximate surface area is 123 Å². The molecule has 0 aliphatic heterocycles. The smallest absolute Gasteiger partial charge is 0.124 e. The molecule has 0 fully saturated rings. The molecule has 98 valence electrons. The van der Waals surface area contributed by atoms with Crippen molar-refractivity contribution in [2.24, 2.45) is 0 Å². The lowest BCUT2D eigenvalue weighted by Gasteiger charge is -2.12. The molecule has 0 saturated carbocycles. The van der Waals surface area contributed by atoms with Crippen molar-refractivity contribution in [3.8, 4) is 23.5 Å². The first-order valence-corrected chi connectivity index (χ1v) is 7.53. The molecule has 20 heavy (non-hydrogen) atoms. The third-order valence-electron chi connectivity index (χ3n) is 3.38. The number of nitrogens with zero attached hydrogens (tertiary/aromatic N) is 1. The Balaban J connectivity index is 2.33. The third-order valence-corrected chi connectivity index (χ3v) is 4.27. The zero-order valence-corrected chi connectivity index (χ0v) is 12.4. The van der Waals surface area contributed by atoms with Gasteiger partial charge in [-0.3, -0.25) is 0 Å². The van der Waals surface area contributed by atoms with Gasteiger partial charge in [0, 0.05) is 21.9 Å². The molecule has 0 aliphatic rings. The fourth-order valence-corrected chi connectivity index (χ4v) is 3.24. The maximum Gasteiger partial charge on any atom is 0.124 e. The van der Waals surface area contributed by atoms with Gasteiger partial charge in [0.2, 0.25) is 0 Å². The third kappa shape index (κ3) is 2.11. The fraction of sp³-hybridized carbons (Fsp3) is 0.167. The summed E-state index contributed by atoms with van der Waals surface area (Å²) in [5.41, 5.74) is 4.45. The Morgan fingerprint density at radius 1 is 1.20 bits per heavy atom. The number of terminal acetylenes is 1. The van der Waals surface area contributed by atoms with E-state index in [1.165, 1.54) is 11.1 Å². The zero-order valence-electron chi connectivity index (χ0n) is 11.6. The summed E-state index contributed by atoms with van der Waals surface area (Å²) < 4.78 is 0. The topological polar surface area (TPSA) is 12.9 Å². The summed E-state index contributed by atoms with van der Waals surface area (Å²) in [6, 6.07) is 12.6. The monoisotopic (exact) mass is 277 g/mol. The Kier molecular flexibility index (Phi) is 3.30. The molecule has 1 nitrogen and oxygen atoms in total. The average Bonchev–Trinajstić information content (AvgIpc) is 2.88. The van der Waals surface area contributed by atoms with E-state index < -0.39 is 0 Å². The second-order valence-corrected chi connectivity index (χ2v) is 5.95. The van der Waals surface area contributed by atoms with E-state index in [4.69, 9.17) is 11.4 Å². The van der Waals surface area contributed by atoms with Crippen LogP contribution in [0.5, 0.6) is 0 Å². The van der Waals surface area contributed by atoms with Crippen LogP contribution in [0.3, 0.4) is 0 Å². The van der Waals surface area contributed by atoms with Crippen molar-refractivity contribution in [2.45, 2.75) is 19.8 Å². The summed E-state index contributed by atoms with van der Waals surface area (Å²) in [5.74, 6) is 3.13. The van der Waals surface area contributed by atoms with E-state index in [9.17, 15) is 0 Å². The van der Waals surface area contributed by atoms with E-state index in [2.05, 4.69) is 50.1 Å². The molecule has 0 amide bonds. The van der Waals surface area contributed by atoms with Gasteiger partial charge in [-0.2, -0.15) is 0 Å². The number of thiophene rings is 1. The first kappa shape index (κ1) is 12.9. The van der Waals surface area contributed by atoms with Crippen LogP contribution < -0.4 is 0 Å². The summed E-state index contributed by atoms with van der Waals surface area (Å²) in [5, 5.41) is 3.09. The number of fused-ring (bicyclic) bond motifs is 1. The van der Waals surface area contributed by atoms with Crippen LogP contribution in [-0.4, -0.2) is 4.98 Å². The molecule has 3 aromatic rings. The highest BCUT2D eigenvalue weighted by atomic mass is 32.1. The molecule has 0 radical (unpaired) electrons. The molecule has 0 N–H and O–H groups in total. The molecular formula is C18H15NS. The Morgan fingerprint density at radius 3 is 2.60 bits per heavy atom. The van der Waals surface area contributed by atoms with Gasteiger partial charge < -0.3 is 0 Å². The van der Waals surface area contributed by atoms with Crippen LogP contribution in [0.4, 0.5) is 0 Å². The van der Waals surface area contributed by atoms with Gasteiger partial charge in [-0.1, -0.05) is 50.1 Å². The lowest BCUT2D eigenvalue weighted by Crippen LogP contribution is -1.96. The number of benzene rings is 1. The first-order chi connectivity index (χ1) is 9.70. The van der Waals surface area contributed by atoms with Gasteiger partial charge in [0.15, 0.2) is 0 Å². The molecule has 0 atom stereocenters. The highest BCUT2D eigenvalue weighted by Gasteiger charge is 2.14. The number of hydrogen-bond acceptors (Lipinski definition) is 2. The molecule has 0 saturated heterocycles. The van der Waals surface area contributed by atoms with Crippen molar-refractivity contribution in [3.63, 3.8) is 0 Å². The molecule has 0 aliphatic carbocycles. The number of rotatable bonds is 2. The summed E-state index contributed by atoms with van der Waals surface area (Å²) >= 11 is 1.62. The second kappa shape index (κ2) is 5.11. The van der Waals surface area contributed by atoms with Crippen LogP contribution in [-0.2, 0) is 0 Å². The van der Waals surface area contributed by atoms with Crippen molar-refractivity contribution in [3.05, 3.63) is 53.0 Å². The molecule has 0 spiro atoms. The second-order valence-electron chi connectivity index (χ2n) is 5.09. The van der Waals surface area contributed by atoms with Crippen LogP contribution in [0.25, 0.3) is 21.3 Å². The minimum Gasteiger partial charge on any atom is -0.241 e. The molecule has 1 aromatic carbocycles. The van der Waals surface area contributed by atoms with Crippen molar-refractivity contribution in [1.82, 2.24) is 4.98 Å². The van der Waals surface area contributed by atoms with Gasteiger partial charge in [0.1, 0.15) is 4.83 Å². The van der Waals surface area contributed by atoms with Crippen molar-refractivity contribution < 1.29 is 0 Å². The highest BCUT2D eigenvalue weighted by Crippen LogP contribution is 2.34. The van der Waals surface area contributed by atoms with Crippen molar-refractivity contribution in [1.29, 1.82) is 0 Å². The molecular weight excluding hydrogens is 262 g/mol. The standard InChI is InChI=1S/C18H15NS/c1-4-13-11-20-18-16(13)10-15(17(19-18)12(2)3)14-8-6-5-7-9-14/h1,5-12H,2-3H3. The minimum absolute atomic E-state index is 0.381. The van der Waals surface area contributed by atoms with Crippen LogP contribution in [0, 0.1) is 12.3 Å². The van der Waals surface area contributed by atoms with E-state index in [1.54, 1.807) is 11.3 Å². The van der Waals surface area contributed by atoms with Gasteiger partial charge in [-0.25, -0.2) is 4.98 Å². The van der Waals surface area contributed by atoms with Gasteiger partial charge in [-0.15, -0.1) is 17.8 Å². The van der Waals surface area contributed by atoms with E-state index in [1.807, 2.05) is 11.4 Å². The number of pyridine rings is 1. The first-order valence-electron chi connectivity index (χ1n) is 6.65. The largest absolute Gasteiger partial charge is 0.241 e. The van der Waals surface area contributed by atoms with Crippen molar-refractivity contribution in [2.75, 3.05) is 0 Å². The van der Waals surface area contributed by atoms with Gasteiger partial charge in [-0.05, 0) is 17.5 Å². The summed E-state index contributed by atoms with van der Waals surface area (Å²) in [7, 11) is 0. The molecule has 2 heterocycles. The minimum atomic E-state index is 0.381. The molecule has 2 aromatic heterocycles. The molecule has 0 unspecified atom stereocenters. The van der Waals surface area contributed by atoms with E-state index >= 15 is 0 Å². The van der Waals surface area contributed by atoms with E-state index in [0.717, 1.165) is 21.5 Å². The normalized spacial score (nSPS) is 10.9. The average molecular weight is 277 g/mol. The number of hydrogen-bond donors (Lipinski definition) is 0. The quantitative estimate of drug-likeness (QED) is 0.596. The highest BCUT2D eigenvalue weighted by molar-refractivity contribution is 7.17. The maximum absolute atomic E-state index is 5.58. The molecule has 0 bridgehead atoms. The predicted octanol–water partition coefficient (Wildman–Crippen LogP) is 5.07. The van der Waals surface area contributed by atoms with Crippen LogP contribution in [0.2, 0.25) is 0 Å².